The average Bonchev–Trinajstić information content (AvgIpc) is 2.96. The van der Waals surface area contributed by atoms with Gasteiger partial charge in [-0.05, 0) is 32.9 Å². The highest BCUT2D eigenvalue weighted by Crippen LogP contribution is 2.19. The number of rotatable bonds is 6. The molecular formula is C14H18N2O2S2. The second kappa shape index (κ2) is 6.95. The summed E-state index contributed by atoms with van der Waals surface area (Å²) in [5.41, 5.74) is 2.00. The SMILES string of the molecule is Cc1ccc(CNC(=O)CSCc2c(C)noc2C)s1. The van der Waals surface area contributed by atoms with Crippen LogP contribution in [0.5, 0.6) is 0 Å². The number of thioether (sulfide) groups is 1. The van der Waals surface area contributed by atoms with Gasteiger partial charge in [-0.15, -0.1) is 23.1 Å². The molecule has 2 heterocycles. The van der Waals surface area contributed by atoms with Gasteiger partial charge in [-0.25, -0.2) is 0 Å². The van der Waals surface area contributed by atoms with Crippen LogP contribution >= 0.6 is 23.1 Å². The predicted octanol–water partition coefficient (Wildman–Crippen LogP) is 3.21. The van der Waals surface area contributed by atoms with E-state index >= 15 is 0 Å². The van der Waals surface area contributed by atoms with Gasteiger partial charge in [0.15, 0.2) is 0 Å². The summed E-state index contributed by atoms with van der Waals surface area (Å²) in [6.45, 7) is 6.50. The van der Waals surface area contributed by atoms with Crippen molar-refractivity contribution in [3.05, 3.63) is 38.9 Å². The van der Waals surface area contributed by atoms with Crippen molar-refractivity contribution >= 4 is 29.0 Å². The van der Waals surface area contributed by atoms with Gasteiger partial charge in [0, 0.05) is 21.1 Å². The standard InChI is InChI=1S/C14H18N2O2S2/c1-9-4-5-12(20-9)6-15-14(17)8-19-7-13-10(2)16-18-11(13)3/h4-5H,6-8H2,1-3H3,(H,15,17). The van der Waals surface area contributed by atoms with E-state index < -0.39 is 0 Å². The highest BCUT2D eigenvalue weighted by molar-refractivity contribution is 7.99. The molecule has 2 aromatic heterocycles. The topological polar surface area (TPSA) is 55.1 Å². The Kier molecular flexibility index (Phi) is 5.25. The lowest BCUT2D eigenvalue weighted by atomic mass is 10.2. The molecular weight excluding hydrogens is 292 g/mol. The van der Waals surface area contributed by atoms with Crippen LogP contribution in [0.4, 0.5) is 0 Å². The Morgan fingerprint density at radius 2 is 2.20 bits per heavy atom. The van der Waals surface area contributed by atoms with Crippen LogP contribution in [0.3, 0.4) is 0 Å². The van der Waals surface area contributed by atoms with Crippen molar-refractivity contribution in [2.45, 2.75) is 33.1 Å². The quantitative estimate of drug-likeness (QED) is 0.890. The third-order valence-corrected chi connectivity index (χ3v) is 4.88. The zero-order valence-electron chi connectivity index (χ0n) is 11.9. The number of hydrogen-bond donors (Lipinski definition) is 1. The Morgan fingerprint density at radius 1 is 1.40 bits per heavy atom. The monoisotopic (exact) mass is 310 g/mol. The fourth-order valence-electron chi connectivity index (χ4n) is 1.77. The summed E-state index contributed by atoms with van der Waals surface area (Å²) < 4.78 is 5.10. The number of carbonyl (C=O) groups excluding carboxylic acids is 1. The Bertz CT molecular complexity index is 570. The van der Waals surface area contributed by atoms with Crippen molar-refractivity contribution in [1.29, 1.82) is 0 Å². The number of carbonyl (C=O) groups is 1. The molecule has 0 spiro atoms. The van der Waals surface area contributed by atoms with E-state index in [1.165, 1.54) is 9.75 Å². The largest absolute Gasteiger partial charge is 0.361 e. The van der Waals surface area contributed by atoms with Gasteiger partial charge >= 0.3 is 0 Å². The van der Waals surface area contributed by atoms with Crippen molar-refractivity contribution in [3.63, 3.8) is 0 Å². The molecule has 0 saturated heterocycles. The molecule has 1 N–H and O–H groups in total. The molecule has 0 aliphatic heterocycles. The maximum absolute atomic E-state index is 11.8. The molecule has 4 nitrogen and oxygen atoms in total. The predicted molar refractivity (Wildman–Crippen MR) is 83.0 cm³/mol. The molecule has 0 saturated carbocycles. The highest BCUT2D eigenvalue weighted by Gasteiger charge is 2.10. The third-order valence-electron chi connectivity index (χ3n) is 2.92. The number of aromatic nitrogens is 1. The smallest absolute Gasteiger partial charge is 0.230 e. The number of thiophene rings is 1. The van der Waals surface area contributed by atoms with Gasteiger partial charge in [-0.3, -0.25) is 4.79 Å². The van der Waals surface area contributed by atoms with Gasteiger partial charge in [0.05, 0.1) is 18.0 Å². The van der Waals surface area contributed by atoms with Gasteiger partial charge in [-0.2, -0.15) is 0 Å². The molecule has 0 atom stereocenters. The fourth-order valence-corrected chi connectivity index (χ4v) is 3.61. The summed E-state index contributed by atoms with van der Waals surface area (Å²) in [5, 5.41) is 6.84. The van der Waals surface area contributed by atoms with Crippen LogP contribution in [0.25, 0.3) is 0 Å². The number of nitrogens with one attached hydrogen (secondary N) is 1. The van der Waals surface area contributed by atoms with Crippen LogP contribution in [-0.2, 0) is 17.1 Å². The molecule has 6 heteroatoms. The van der Waals surface area contributed by atoms with Gasteiger partial charge in [-0.1, -0.05) is 5.16 Å². The maximum atomic E-state index is 11.8. The van der Waals surface area contributed by atoms with Crippen LogP contribution in [-0.4, -0.2) is 16.8 Å². The number of hydrogen-bond acceptors (Lipinski definition) is 5. The molecule has 0 aromatic carbocycles. The van der Waals surface area contributed by atoms with Crippen LogP contribution < -0.4 is 5.32 Å². The highest BCUT2D eigenvalue weighted by atomic mass is 32.2. The molecule has 0 bridgehead atoms. The first-order valence-corrected chi connectivity index (χ1v) is 8.35. The van der Waals surface area contributed by atoms with E-state index in [0.717, 1.165) is 22.8 Å². The van der Waals surface area contributed by atoms with E-state index in [0.29, 0.717) is 12.3 Å². The molecule has 0 radical (unpaired) electrons. The van der Waals surface area contributed by atoms with E-state index in [1.807, 2.05) is 13.8 Å². The number of nitrogens with zero attached hydrogens (tertiary/aromatic N) is 1. The van der Waals surface area contributed by atoms with Crippen molar-refractivity contribution in [2.75, 3.05) is 5.75 Å². The second-order valence-corrected chi connectivity index (χ2v) is 6.94. The summed E-state index contributed by atoms with van der Waals surface area (Å²) in [5.74, 6) is 2.11. The number of amides is 1. The maximum Gasteiger partial charge on any atom is 0.230 e. The summed E-state index contributed by atoms with van der Waals surface area (Å²) in [6, 6.07) is 4.12. The second-order valence-electron chi connectivity index (χ2n) is 4.58. The van der Waals surface area contributed by atoms with Crippen molar-refractivity contribution in [2.24, 2.45) is 0 Å². The molecule has 0 unspecified atom stereocenters. The lowest BCUT2D eigenvalue weighted by Gasteiger charge is -2.03. The van der Waals surface area contributed by atoms with Gasteiger partial charge in [0.2, 0.25) is 5.91 Å². The van der Waals surface area contributed by atoms with Crippen molar-refractivity contribution < 1.29 is 9.32 Å². The summed E-state index contributed by atoms with van der Waals surface area (Å²) in [7, 11) is 0. The van der Waals surface area contributed by atoms with Gasteiger partial charge < -0.3 is 9.84 Å². The van der Waals surface area contributed by atoms with E-state index in [-0.39, 0.29) is 5.91 Å². The van der Waals surface area contributed by atoms with E-state index in [2.05, 4.69) is 29.5 Å². The van der Waals surface area contributed by atoms with E-state index in [9.17, 15) is 4.79 Å². The molecule has 108 valence electrons. The van der Waals surface area contributed by atoms with Crippen LogP contribution in [0.1, 0.15) is 26.8 Å². The van der Waals surface area contributed by atoms with Crippen LogP contribution in [0.15, 0.2) is 16.7 Å². The summed E-state index contributed by atoms with van der Waals surface area (Å²) >= 11 is 3.29. The van der Waals surface area contributed by atoms with Crippen LogP contribution in [0, 0.1) is 20.8 Å². The molecule has 0 fully saturated rings. The molecule has 0 aliphatic rings. The van der Waals surface area contributed by atoms with Crippen molar-refractivity contribution in [3.8, 4) is 0 Å². The first-order valence-electron chi connectivity index (χ1n) is 6.37. The van der Waals surface area contributed by atoms with E-state index in [1.54, 1.807) is 23.1 Å². The molecule has 20 heavy (non-hydrogen) atoms. The van der Waals surface area contributed by atoms with Gasteiger partial charge in [0.25, 0.3) is 0 Å². The minimum Gasteiger partial charge on any atom is -0.361 e. The first kappa shape index (κ1) is 15.1. The molecule has 2 aromatic rings. The van der Waals surface area contributed by atoms with E-state index in [4.69, 9.17) is 4.52 Å². The fraction of sp³-hybridized carbons (Fsp3) is 0.429. The molecule has 1 amide bonds. The lowest BCUT2D eigenvalue weighted by molar-refractivity contribution is -0.118. The third kappa shape index (κ3) is 4.11. The molecule has 0 aliphatic carbocycles. The summed E-state index contributed by atoms with van der Waals surface area (Å²) in [4.78, 5) is 14.2. The Balaban J connectivity index is 1.70. The molecule has 2 rings (SSSR count). The lowest BCUT2D eigenvalue weighted by Crippen LogP contribution is -2.24. The average molecular weight is 310 g/mol. The number of aryl methyl sites for hydroxylation is 3. The Labute approximate surface area is 126 Å². The zero-order chi connectivity index (χ0) is 14.5. The Morgan fingerprint density at radius 3 is 2.80 bits per heavy atom. The zero-order valence-corrected chi connectivity index (χ0v) is 13.5. The van der Waals surface area contributed by atoms with Crippen molar-refractivity contribution in [1.82, 2.24) is 10.5 Å². The van der Waals surface area contributed by atoms with Gasteiger partial charge in [0.1, 0.15) is 5.76 Å². The first-order chi connectivity index (χ1) is 9.56. The summed E-state index contributed by atoms with van der Waals surface area (Å²) in [6.07, 6.45) is 0. The normalized spacial score (nSPS) is 10.8. The van der Waals surface area contributed by atoms with Crippen LogP contribution in [0.2, 0.25) is 0 Å². The Hall–Kier alpha value is -1.27. The minimum atomic E-state index is 0.0628. The minimum absolute atomic E-state index is 0.0628.